The van der Waals surface area contributed by atoms with Gasteiger partial charge in [-0.05, 0) is 37.1 Å². The third-order valence-corrected chi connectivity index (χ3v) is 5.19. The molecule has 0 spiro atoms. The van der Waals surface area contributed by atoms with Crippen LogP contribution in [0.15, 0.2) is 36.7 Å². The largest absolute Gasteiger partial charge is 0.493 e. The van der Waals surface area contributed by atoms with Gasteiger partial charge in [0, 0.05) is 31.0 Å². The van der Waals surface area contributed by atoms with Gasteiger partial charge in [-0.3, -0.25) is 4.79 Å². The Morgan fingerprint density at radius 2 is 1.89 bits per heavy atom. The van der Waals surface area contributed by atoms with Crippen LogP contribution < -0.4 is 14.4 Å². The molecule has 0 bridgehead atoms. The molecule has 28 heavy (non-hydrogen) atoms. The van der Waals surface area contributed by atoms with Crippen LogP contribution in [-0.4, -0.2) is 53.0 Å². The fourth-order valence-electron chi connectivity index (χ4n) is 3.63. The number of carbonyl (C=O) groups is 1. The van der Waals surface area contributed by atoms with E-state index in [0.29, 0.717) is 37.4 Å². The van der Waals surface area contributed by atoms with E-state index in [1.54, 1.807) is 24.9 Å². The summed E-state index contributed by atoms with van der Waals surface area (Å²) in [7, 11) is 3.21. The van der Waals surface area contributed by atoms with Crippen molar-refractivity contribution in [1.29, 1.82) is 0 Å². The molecule has 0 unspecified atom stereocenters. The number of carboxylic acids is 1. The highest BCUT2D eigenvalue weighted by Gasteiger charge is 2.26. The number of aromatic nitrogens is 3. The molecule has 0 amide bonds. The fourth-order valence-corrected chi connectivity index (χ4v) is 3.63. The second kappa shape index (κ2) is 7.38. The summed E-state index contributed by atoms with van der Waals surface area (Å²) in [5, 5.41) is 13.9. The Bertz CT molecular complexity index is 1010. The summed E-state index contributed by atoms with van der Waals surface area (Å²) in [6.07, 6.45) is 4.77. The zero-order valence-electron chi connectivity index (χ0n) is 15.8. The minimum absolute atomic E-state index is 0.275. The third-order valence-electron chi connectivity index (χ3n) is 5.19. The molecule has 3 heterocycles. The van der Waals surface area contributed by atoms with Crippen LogP contribution in [0.2, 0.25) is 0 Å². The molecule has 1 fully saturated rings. The van der Waals surface area contributed by atoms with E-state index < -0.39 is 5.97 Å². The third kappa shape index (κ3) is 3.21. The van der Waals surface area contributed by atoms with Crippen molar-refractivity contribution < 1.29 is 19.4 Å². The van der Waals surface area contributed by atoms with E-state index in [9.17, 15) is 9.90 Å². The molecule has 0 atom stereocenters. The average molecular weight is 382 g/mol. The fraction of sp³-hybridized carbons (Fsp3) is 0.350. The predicted molar refractivity (Wildman–Crippen MR) is 104 cm³/mol. The molecule has 4 rings (SSSR count). The number of fused-ring (bicyclic) bond motifs is 1. The Kier molecular flexibility index (Phi) is 4.77. The maximum Gasteiger partial charge on any atom is 0.306 e. The van der Waals surface area contributed by atoms with Gasteiger partial charge in [-0.15, -0.1) is 0 Å². The second-order valence-corrected chi connectivity index (χ2v) is 6.78. The molecule has 1 aliphatic heterocycles. The highest BCUT2D eigenvalue weighted by molar-refractivity contribution is 5.76. The van der Waals surface area contributed by atoms with Crippen molar-refractivity contribution in [3.05, 3.63) is 36.7 Å². The minimum Gasteiger partial charge on any atom is -0.493 e. The summed E-state index contributed by atoms with van der Waals surface area (Å²) in [6, 6.07) is 7.68. The number of benzene rings is 1. The number of aliphatic carboxylic acids is 1. The highest BCUT2D eigenvalue weighted by Crippen LogP contribution is 2.33. The van der Waals surface area contributed by atoms with Crippen LogP contribution in [0, 0.1) is 5.92 Å². The van der Waals surface area contributed by atoms with E-state index in [2.05, 4.69) is 15.0 Å². The zero-order valence-corrected chi connectivity index (χ0v) is 15.8. The minimum atomic E-state index is -0.717. The second-order valence-electron chi connectivity index (χ2n) is 6.78. The smallest absolute Gasteiger partial charge is 0.306 e. The number of hydrogen-bond donors (Lipinski definition) is 1. The Balaban J connectivity index is 1.67. The molecule has 1 N–H and O–H groups in total. The van der Waals surface area contributed by atoms with Crippen LogP contribution in [0.3, 0.4) is 0 Å². The summed E-state index contributed by atoms with van der Waals surface area (Å²) >= 11 is 0. The number of anilines is 1. The van der Waals surface area contributed by atoms with Crippen molar-refractivity contribution in [2.75, 3.05) is 32.2 Å². The molecule has 0 aliphatic carbocycles. The lowest BCUT2D eigenvalue weighted by molar-refractivity contribution is -0.142. The van der Waals surface area contributed by atoms with Gasteiger partial charge in [-0.25, -0.2) is 9.50 Å². The summed E-state index contributed by atoms with van der Waals surface area (Å²) < 4.78 is 12.5. The van der Waals surface area contributed by atoms with Gasteiger partial charge < -0.3 is 19.5 Å². The number of rotatable bonds is 5. The van der Waals surface area contributed by atoms with E-state index in [1.165, 1.54) is 0 Å². The number of hydrogen-bond acceptors (Lipinski definition) is 6. The van der Waals surface area contributed by atoms with Crippen LogP contribution in [0.4, 0.5) is 5.82 Å². The molecule has 0 radical (unpaired) electrons. The summed E-state index contributed by atoms with van der Waals surface area (Å²) in [5.74, 6) is 1.14. The number of nitrogens with zero attached hydrogens (tertiary/aromatic N) is 4. The maximum atomic E-state index is 11.2. The molecule has 8 heteroatoms. The van der Waals surface area contributed by atoms with Crippen molar-refractivity contribution in [1.82, 2.24) is 14.6 Å². The molecule has 3 aromatic rings. The Labute approximate surface area is 162 Å². The van der Waals surface area contributed by atoms with Crippen LogP contribution in [0.5, 0.6) is 11.5 Å². The van der Waals surface area contributed by atoms with Gasteiger partial charge in [-0.1, -0.05) is 0 Å². The Morgan fingerprint density at radius 1 is 1.14 bits per heavy atom. The summed E-state index contributed by atoms with van der Waals surface area (Å²) in [4.78, 5) is 17.9. The normalized spacial score (nSPS) is 15.0. The van der Waals surface area contributed by atoms with Crippen LogP contribution in [0.1, 0.15) is 12.8 Å². The lowest BCUT2D eigenvalue weighted by Crippen LogP contribution is -2.37. The van der Waals surface area contributed by atoms with Gasteiger partial charge in [0.15, 0.2) is 17.3 Å². The molecule has 8 nitrogen and oxygen atoms in total. The van der Waals surface area contributed by atoms with E-state index in [4.69, 9.17) is 9.47 Å². The first-order valence-electron chi connectivity index (χ1n) is 9.15. The molecule has 2 aromatic heterocycles. The molecule has 1 saturated heterocycles. The van der Waals surface area contributed by atoms with Gasteiger partial charge in [0.25, 0.3) is 0 Å². The number of ether oxygens (including phenoxy) is 2. The SMILES string of the molecule is COc1ccc(-c2cc3c(N4CCC(C(=O)O)CC4)nccn3n2)cc1OC. The Hall–Kier alpha value is -3.29. The highest BCUT2D eigenvalue weighted by atomic mass is 16.5. The zero-order chi connectivity index (χ0) is 19.7. The van der Waals surface area contributed by atoms with E-state index >= 15 is 0 Å². The van der Waals surface area contributed by atoms with Gasteiger partial charge in [0.1, 0.15) is 5.52 Å². The lowest BCUT2D eigenvalue weighted by atomic mass is 9.97. The summed E-state index contributed by atoms with van der Waals surface area (Å²) in [6.45, 7) is 1.33. The quantitative estimate of drug-likeness (QED) is 0.726. The van der Waals surface area contributed by atoms with Crippen molar-refractivity contribution in [3.63, 3.8) is 0 Å². The first-order chi connectivity index (χ1) is 13.6. The molecular weight excluding hydrogens is 360 g/mol. The van der Waals surface area contributed by atoms with E-state index in [-0.39, 0.29) is 5.92 Å². The maximum absolute atomic E-state index is 11.2. The summed E-state index contributed by atoms with van der Waals surface area (Å²) in [5.41, 5.74) is 2.61. The standard InChI is InChI=1S/C20H22N4O4/c1-27-17-4-3-14(11-18(17)28-2)15-12-16-19(21-7-10-24(16)22-15)23-8-5-13(6-9-23)20(25)26/h3-4,7,10-13H,5-6,8-9H2,1-2H3,(H,25,26). The van der Waals surface area contributed by atoms with E-state index in [0.717, 1.165) is 22.6 Å². The predicted octanol–water partition coefficient (Wildman–Crippen LogP) is 2.71. The van der Waals surface area contributed by atoms with Gasteiger partial charge in [-0.2, -0.15) is 5.10 Å². The van der Waals surface area contributed by atoms with Crippen molar-refractivity contribution in [2.45, 2.75) is 12.8 Å². The van der Waals surface area contributed by atoms with Crippen molar-refractivity contribution >= 4 is 17.3 Å². The van der Waals surface area contributed by atoms with Gasteiger partial charge in [0.05, 0.1) is 25.8 Å². The topological polar surface area (TPSA) is 89.2 Å². The van der Waals surface area contributed by atoms with Crippen LogP contribution >= 0.6 is 0 Å². The monoisotopic (exact) mass is 382 g/mol. The van der Waals surface area contributed by atoms with Crippen molar-refractivity contribution in [3.8, 4) is 22.8 Å². The van der Waals surface area contributed by atoms with Gasteiger partial charge in [0.2, 0.25) is 0 Å². The molecule has 1 aliphatic rings. The van der Waals surface area contributed by atoms with Gasteiger partial charge >= 0.3 is 5.97 Å². The van der Waals surface area contributed by atoms with Crippen molar-refractivity contribution in [2.24, 2.45) is 5.92 Å². The van der Waals surface area contributed by atoms with Crippen LogP contribution in [0.25, 0.3) is 16.8 Å². The lowest BCUT2D eigenvalue weighted by Gasteiger charge is -2.31. The number of carboxylic acid groups (broad SMARTS) is 1. The molecule has 0 saturated carbocycles. The molecule has 146 valence electrons. The average Bonchev–Trinajstić information content (AvgIpc) is 3.17. The number of piperidine rings is 1. The Morgan fingerprint density at radius 3 is 2.57 bits per heavy atom. The first kappa shape index (κ1) is 18.1. The first-order valence-corrected chi connectivity index (χ1v) is 9.15. The molecular formula is C20H22N4O4. The van der Waals surface area contributed by atoms with E-state index in [1.807, 2.05) is 30.5 Å². The van der Waals surface area contributed by atoms with Crippen LogP contribution in [-0.2, 0) is 4.79 Å². The molecule has 1 aromatic carbocycles. The number of methoxy groups -OCH3 is 2.